The van der Waals surface area contributed by atoms with Gasteiger partial charge in [0.1, 0.15) is 5.69 Å². The maximum atomic E-state index is 11.4. The number of primary amides is 1. The third-order valence-corrected chi connectivity index (χ3v) is 2.69. The van der Waals surface area contributed by atoms with E-state index in [0.717, 1.165) is 11.3 Å². The standard InChI is InChI=1S/C11H14N4O/c1-4-8-9(10(12)16)15-5-6(2)7(3)13-11(15)14-8/h5H,4H2,1-3H3,(H2,12,16). The molecule has 5 heteroatoms. The summed E-state index contributed by atoms with van der Waals surface area (Å²) in [6.07, 6.45) is 2.52. The fourth-order valence-corrected chi connectivity index (χ4v) is 1.70. The van der Waals surface area contributed by atoms with E-state index < -0.39 is 5.91 Å². The highest BCUT2D eigenvalue weighted by Crippen LogP contribution is 2.14. The number of imidazole rings is 1. The van der Waals surface area contributed by atoms with Crippen molar-refractivity contribution in [2.45, 2.75) is 27.2 Å². The summed E-state index contributed by atoms with van der Waals surface area (Å²) in [6, 6.07) is 0. The lowest BCUT2D eigenvalue weighted by molar-refractivity contribution is 0.0993. The van der Waals surface area contributed by atoms with Crippen molar-refractivity contribution in [1.29, 1.82) is 0 Å². The summed E-state index contributed by atoms with van der Waals surface area (Å²) < 4.78 is 1.67. The number of aromatic nitrogens is 3. The van der Waals surface area contributed by atoms with Crippen molar-refractivity contribution in [3.05, 3.63) is 28.8 Å². The Balaban J connectivity index is 2.84. The average Bonchev–Trinajstić information content (AvgIpc) is 2.56. The van der Waals surface area contributed by atoms with Crippen LogP contribution in [0.4, 0.5) is 0 Å². The number of nitrogens with two attached hydrogens (primary N) is 1. The highest BCUT2D eigenvalue weighted by molar-refractivity contribution is 5.93. The minimum Gasteiger partial charge on any atom is -0.364 e. The number of rotatable bonds is 2. The summed E-state index contributed by atoms with van der Waals surface area (Å²) in [5.41, 5.74) is 8.42. The Morgan fingerprint density at radius 1 is 1.44 bits per heavy atom. The van der Waals surface area contributed by atoms with Crippen LogP contribution in [0.3, 0.4) is 0 Å². The zero-order valence-corrected chi connectivity index (χ0v) is 9.61. The third kappa shape index (κ3) is 1.44. The monoisotopic (exact) mass is 218 g/mol. The molecule has 0 spiro atoms. The van der Waals surface area contributed by atoms with Gasteiger partial charge < -0.3 is 5.73 Å². The minimum absolute atomic E-state index is 0.438. The number of carbonyl (C=O) groups excluding carboxylic acids is 1. The molecule has 2 heterocycles. The van der Waals surface area contributed by atoms with Crippen molar-refractivity contribution >= 4 is 11.7 Å². The van der Waals surface area contributed by atoms with E-state index in [2.05, 4.69) is 9.97 Å². The Labute approximate surface area is 93.3 Å². The van der Waals surface area contributed by atoms with E-state index in [9.17, 15) is 4.79 Å². The summed E-state index contributed by atoms with van der Waals surface area (Å²) >= 11 is 0. The first kappa shape index (κ1) is 10.6. The lowest BCUT2D eigenvalue weighted by Crippen LogP contribution is -2.16. The molecular formula is C11H14N4O. The molecule has 2 aromatic heterocycles. The minimum atomic E-state index is -0.464. The van der Waals surface area contributed by atoms with Crippen LogP contribution in [0.2, 0.25) is 0 Å². The number of aryl methyl sites for hydroxylation is 3. The van der Waals surface area contributed by atoms with E-state index in [1.807, 2.05) is 27.0 Å². The van der Waals surface area contributed by atoms with Crippen LogP contribution in [0.5, 0.6) is 0 Å². The molecule has 0 aromatic carbocycles. The molecule has 0 aliphatic heterocycles. The van der Waals surface area contributed by atoms with Crippen molar-refractivity contribution in [2.75, 3.05) is 0 Å². The fourth-order valence-electron chi connectivity index (χ4n) is 1.70. The summed E-state index contributed by atoms with van der Waals surface area (Å²) in [4.78, 5) is 20.0. The van der Waals surface area contributed by atoms with E-state index in [4.69, 9.17) is 5.73 Å². The van der Waals surface area contributed by atoms with E-state index in [-0.39, 0.29) is 0 Å². The number of hydrogen-bond acceptors (Lipinski definition) is 3. The zero-order valence-electron chi connectivity index (χ0n) is 9.61. The Hall–Kier alpha value is -1.91. The van der Waals surface area contributed by atoms with Gasteiger partial charge in [-0.25, -0.2) is 9.97 Å². The molecule has 16 heavy (non-hydrogen) atoms. The van der Waals surface area contributed by atoms with E-state index in [1.165, 1.54) is 0 Å². The molecule has 0 unspecified atom stereocenters. The molecule has 0 saturated carbocycles. The molecule has 0 aliphatic carbocycles. The molecule has 2 rings (SSSR count). The zero-order chi connectivity index (χ0) is 11.9. The van der Waals surface area contributed by atoms with Crippen LogP contribution in [-0.2, 0) is 6.42 Å². The first-order valence-electron chi connectivity index (χ1n) is 5.19. The second-order valence-electron chi connectivity index (χ2n) is 3.80. The predicted octanol–water partition coefficient (Wildman–Crippen LogP) is 1.01. The number of hydrogen-bond donors (Lipinski definition) is 1. The Bertz CT molecular complexity index is 571. The summed E-state index contributed by atoms with van der Waals surface area (Å²) in [5, 5.41) is 0. The molecule has 1 amide bonds. The van der Waals surface area contributed by atoms with Gasteiger partial charge in [0.25, 0.3) is 5.91 Å². The summed E-state index contributed by atoms with van der Waals surface area (Å²) in [7, 11) is 0. The topological polar surface area (TPSA) is 73.3 Å². The van der Waals surface area contributed by atoms with Crippen LogP contribution >= 0.6 is 0 Å². The number of amides is 1. The van der Waals surface area contributed by atoms with Crippen LogP contribution in [0.15, 0.2) is 6.20 Å². The third-order valence-electron chi connectivity index (χ3n) is 2.69. The van der Waals surface area contributed by atoms with Crippen LogP contribution in [0.25, 0.3) is 5.78 Å². The van der Waals surface area contributed by atoms with Crippen molar-refractivity contribution in [3.8, 4) is 0 Å². The number of carbonyl (C=O) groups is 1. The van der Waals surface area contributed by atoms with Gasteiger partial charge in [-0.15, -0.1) is 0 Å². The van der Waals surface area contributed by atoms with Gasteiger partial charge in [-0.3, -0.25) is 9.20 Å². The lowest BCUT2D eigenvalue weighted by Gasteiger charge is -2.02. The molecular weight excluding hydrogens is 204 g/mol. The van der Waals surface area contributed by atoms with Gasteiger partial charge in [0.2, 0.25) is 5.78 Å². The molecule has 84 valence electrons. The SMILES string of the molecule is CCc1nc2nc(C)c(C)cn2c1C(N)=O. The Morgan fingerprint density at radius 3 is 2.69 bits per heavy atom. The first-order valence-corrected chi connectivity index (χ1v) is 5.19. The molecule has 5 nitrogen and oxygen atoms in total. The molecule has 2 N–H and O–H groups in total. The van der Waals surface area contributed by atoms with Crippen LogP contribution < -0.4 is 5.73 Å². The summed E-state index contributed by atoms with van der Waals surface area (Å²) in [6.45, 7) is 5.80. The number of fused-ring (bicyclic) bond motifs is 1. The maximum Gasteiger partial charge on any atom is 0.267 e. The van der Waals surface area contributed by atoms with Gasteiger partial charge >= 0.3 is 0 Å². The summed E-state index contributed by atoms with van der Waals surface area (Å²) in [5.74, 6) is 0.0724. The van der Waals surface area contributed by atoms with Gasteiger partial charge in [0.05, 0.1) is 5.69 Å². The maximum absolute atomic E-state index is 11.4. The van der Waals surface area contributed by atoms with Gasteiger partial charge in [0, 0.05) is 11.9 Å². The quantitative estimate of drug-likeness (QED) is 0.817. The smallest absolute Gasteiger partial charge is 0.267 e. The average molecular weight is 218 g/mol. The molecule has 0 radical (unpaired) electrons. The Kier molecular flexibility index (Phi) is 2.38. The lowest BCUT2D eigenvalue weighted by atomic mass is 10.2. The highest BCUT2D eigenvalue weighted by atomic mass is 16.1. The van der Waals surface area contributed by atoms with Crippen LogP contribution in [0.1, 0.15) is 34.4 Å². The second kappa shape index (κ2) is 3.59. The molecule has 0 fully saturated rings. The largest absolute Gasteiger partial charge is 0.364 e. The van der Waals surface area contributed by atoms with Gasteiger partial charge in [-0.1, -0.05) is 6.92 Å². The van der Waals surface area contributed by atoms with Gasteiger partial charge in [0.15, 0.2) is 0 Å². The van der Waals surface area contributed by atoms with E-state index in [0.29, 0.717) is 23.6 Å². The molecule has 0 atom stereocenters. The fraction of sp³-hybridized carbons (Fsp3) is 0.364. The van der Waals surface area contributed by atoms with Crippen molar-refractivity contribution in [1.82, 2.24) is 14.4 Å². The van der Waals surface area contributed by atoms with Gasteiger partial charge in [-0.05, 0) is 25.8 Å². The number of nitrogens with zero attached hydrogens (tertiary/aromatic N) is 3. The highest BCUT2D eigenvalue weighted by Gasteiger charge is 2.16. The van der Waals surface area contributed by atoms with Gasteiger partial charge in [-0.2, -0.15) is 0 Å². The van der Waals surface area contributed by atoms with Crippen molar-refractivity contribution < 1.29 is 4.79 Å². The van der Waals surface area contributed by atoms with Crippen molar-refractivity contribution in [2.24, 2.45) is 5.73 Å². The first-order chi connectivity index (χ1) is 7.54. The van der Waals surface area contributed by atoms with E-state index >= 15 is 0 Å². The van der Waals surface area contributed by atoms with E-state index in [1.54, 1.807) is 4.40 Å². The molecule has 0 aliphatic rings. The van der Waals surface area contributed by atoms with Crippen molar-refractivity contribution in [3.63, 3.8) is 0 Å². The molecule has 2 aromatic rings. The normalized spacial score (nSPS) is 10.9. The molecule has 0 bridgehead atoms. The Morgan fingerprint density at radius 2 is 2.12 bits per heavy atom. The van der Waals surface area contributed by atoms with Crippen LogP contribution in [0, 0.1) is 13.8 Å². The molecule has 0 saturated heterocycles. The van der Waals surface area contributed by atoms with Crippen LogP contribution in [-0.4, -0.2) is 20.3 Å². The second-order valence-corrected chi connectivity index (χ2v) is 3.80. The predicted molar refractivity (Wildman–Crippen MR) is 60.4 cm³/mol.